The van der Waals surface area contributed by atoms with Crippen LogP contribution >= 0.6 is 15.9 Å². The van der Waals surface area contributed by atoms with Crippen LogP contribution in [0.4, 0.5) is 18.9 Å². The largest absolute Gasteiger partial charge is 1.00 e. The third kappa shape index (κ3) is 10.3. The molecule has 37 heavy (non-hydrogen) atoms. The fourth-order valence-electron chi connectivity index (χ4n) is 3.72. The molecular formula is C25H31BrClF3N3O4-. The van der Waals surface area contributed by atoms with Crippen LogP contribution in [-0.4, -0.2) is 63.4 Å². The molecule has 2 aromatic carbocycles. The molecule has 0 aliphatic carbocycles. The van der Waals surface area contributed by atoms with Crippen molar-refractivity contribution in [2.75, 3.05) is 57.9 Å². The molecule has 0 unspecified atom stereocenters. The number of ether oxygens (including phenoxy) is 3. The van der Waals surface area contributed by atoms with Gasteiger partial charge in [0.05, 0.1) is 29.9 Å². The summed E-state index contributed by atoms with van der Waals surface area (Å²) in [6.45, 7) is 7.92. The zero-order chi connectivity index (χ0) is 26.0. The molecule has 1 saturated heterocycles. The van der Waals surface area contributed by atoms with Crippen LogP contribution in [0, 0.1) is 0 Å². The first-order valence-corrected chi connectivity index (χ1v) is 12.6. The lowest BCUT2D eigenvalue weighted by molar-refractivity contribution is -0.137. The Bertz CT molecular complexity index is 1010. The van der Waals surface area contributed by atoms with Gasteiger partial charge in [-0.25, -0.2) is 0 Å². The third-order valence-electron chi connectivity index (χ3n) is 5.45. The Hall–Kier alpha value is -2.05. The van der Waals surface area contributed by atoms with E-state index in [1.165, 1.54) is 12.1 Å². The van der Waals surface area contributed by atoms with E-state index in [1.54, 1.807) is 0 Å². The highest BCUT2D eigenvalue weighted by atomic mass is 79.9. The maximum absolute atomic E-state index is 12.9. The summed E-state index contributed by atoms with van der Waals surface area (Å²) in [7, 11) is 0. The van der Waals surface area contributed by atoms with E-state index < -0.39 is 24.3 Å². The molecule has 0 bridgehead atoms. The van der Waals surface area contributed by atoms with Crippen molar-refractivity contribution in [2.24, 2.45) is 0 Å². The minimum Gasteiger partial charge on any atom is -1.00 e. The van der Waals surface area contributed by atoms with E-state index in [9.17, 15) is 18.0 Å². The monoisotopic (exact) mass is 608 g/mol. The van der Waals surface area contributed by atoms with Crippen molar-refractivity contribution in [1.29, 1.82) is 0 Å². The first kappa shape index (κ1) is 31.2. The maximum Gasteiger partial charge on any atom is 0.416 e. The molecule has 1 fully saturated rings. The number of alkyl halides is 3. The Morgan fingerprint density at radius 2 is 1.92 bits per heavy atom. The number of morpholine rings is 1. The molecular weight excluding hydrogens is 579 g/mol. The van der Waals surface area contributed by atoms with E-state index in [1.807, 2.05) is 19.1 Å². The highest BCUT2D eigenvalue weighted by Crippen LogP contribution is 2.37. The average Bonchev–Trinajstić information content (AvgIpc) is 2.84. The highest BCUT2D eigenvalue weighted by molar-refractivity contribution is 9.10. The second kappa shape index (κ2) is 15.4. The molecule has 12 heteroatoms. The Morgan fingerprint density at radius 3 is 2.62 bits per heavy atom. The molecule has 1 heterocycles. The van der Waals surface area contributed by atoms with Gasteiger partial charge in [0.1, 0.15) is 0 Å². The number of hydrogen-bond acceptors (Lipinski definition) is 6. The van der Waals surface area contributed by atoms with Crippen LogP contribution in [0.25, 0.3) is 0 Å². The van der Waals surface area contributed by atoms with Crippen molar-refractivity contribution < 1.29 is 44.6 Å². The van der Waals surface area contributed by atoms with Crippen molar-refractivity contribution in [2.45, 2.75) is 26.1 Å². The molecule has 7 nitrogen and oxygen atoms in total. The van der Waals surface area contributed by atoms with Crippen LogP contribution in [0.2, 0.25) is 0 Å². The van der Waals surface area contributed by atoms with Gasteiger partial charge in [-0.3, -0.25) is 9.69 Å². The summed E-state index contributed by atoms with van der Waals surface area (Å²) in [4.78, 5) is 14.7. The van der Waals surface area contributed by atoms with Crippen LogP contribution < -0.4 is 32.5 Å². The van der Waals surface area contributed by atoms with E-state index in [0.29, 0.717) is 29.1 Å². The number of benzene rings is 2. The third-order valence-corrected chi connectivity index (χ3v) is 6.04. The van der Waals surface area contributed by atoms with Crippen molar-refractivity contribution in [3.8, 4) is 11.5 Å². The normalized spacial score (nSPS) is 14.1. The van der Waals surface area contributed by atoms with Gasteiger partial charge in [-0.05, 0) is 78.3 Å². The van der Waals surface area contributed by atoms with Crippen LogP contribution in [0.5, 0.6) is 11.5 Å². The Balaban J connectivity index is 0.00000481. The number of carbonyl (C=O) groups is 1. The van der Waals surface area contributed by atoms with Gasteiger partial charge in [-0.15, -0.1) is 0 Å². The number of nitrogens with zero attached hydrogens (tertiary/aromatic N) is 1. The maximum atomic E-state index is 12.9. The fraction of sp³-hybridized carbons (Fsp3) is 0.480. The minimum atomic E-state index is -4.49. The van der Waals surface area contributed by atoms with Crippen LogP contribution in [0.15, 0.2) is 40.9 Å². The average molecular weight is 610 g/mol. The number of halogens is 5. The van der Waals surface area contributed by atoms with Gasteiger partial charge < -0.3 is 37.3 Å². The summed E-state index contributed by atoms with van der Waals surface area (Å²) in [5.41, 5.74) is 0.183. The number of amides is 1. The minimum absolute atomic E-state index is 0. The molecule has 2 N–H and O–H groups in total. The van der Waals surface area contributed by atoms with E-state index in [2.05, 4.69) is 31.5 Å². The molecule has 1 amide bonds. The summed E-state index contributed by atoms with van der Waals surface area (Å²) in [5, 5.41) is 5.86. The smallest absolute Gasteiger partial charge is 0.416 e. The molecule has 3 rings (SSSR count). The van der Waals surface area contributed by atoms with Crippen LogP contribution in [-0.2, 0) is 22.3 Å². The number of carbonyl (C=O) groups excluding carboxylic acids is 1. The lowest BCUT2D eigenvalue weighted by Crippen LogP contribution is -3.00. The van der Waals surface area contributed by atoms with Gasteiger partial charge in [0.2, 0.25) is 0 Å². The van der Waals surface area contributed by atoms with Gasteiger partial charge in [-0.1, -0.05) is 6.07 Å². The zero-order valence-corrected chi connectivity index (χ0v) is 22.8. The molecule has 1 aliphatic rings. The summed E-state index contributed by atoms with van der Waals surface area (Å²) < 4.78 is 56.1. The first-order valence-electron chi connectivity index (χ1n) is 11.8. The predicted octanol–water partition coefficient (Wildman–Crippen LogP) is 1.70. The number of anilines is 1. The number of hydrogen-bond donors (Lipinski definition) is 2. The van der Waals surface area contributed by atoms with Gasteiger partial charge in [0, 0.05) is 25.3 Å². The fourth-order valence-corrected chi connectivity index (χ4v) is 4.32. The summed E-state index contributed by atoms with van der Waals surface area (Å²) in [6.07, 6.45) is -3.46. The number of nitrogens with one attached hydrogen (secondary N) is 2. The van der Waals surface area contributed by atoms with Gasteiger partial charge in [0.15, 0.2) is 18.1 Å². The molecule has 0 spiro atoms. The SMILES string of the molecule is CCOc1cc(CNCCCN2CCOCC2)cc(Br)c1OCC(=O)Nc1cccc(C(F)(F)F)c1.[Cl-]. The molecule has 1 aliphatic heterocycles. The topological polar surface area (TPSA) is 72.1 Å². The van der Waals surface area contributed by atoms with Crippen molar-refractivity contribution in [3.63, 3.8) is 0 Å². The molecule has 0 atom stereocenters. The van der Waals surface area contributed by atoms with Gasteiger partial charge >= 0.3 is 6.18 Å². The Morgan fingerprint density at radius 1 is 1.16 bits per heavy atom. The van der Waals surface area contributed by atoms with E-state index in [4.69, 9.17) is 14.2 Å². The quantitative estimate of drug-likeness (QED) is 0.357. The molecule has 0 aromatic heterocycles. The molecule has 0 radical (unpaired) electrons. The van der Waals surface area contributed by atoms with Crippen LogP contribution in [0.3, 0.4) is 0 Å². The summed E-state index contributed by atoms with van der Waals surface area (Å²) in [6, 6.07) is 8.18. The number of rotatable bonds is 12. The van der Waals surface area contributed by atoms with Crippen molar-refractivity contribution in [1.82, 2.24) is 10.2 Å². The first-order chi connectivity index (χ1) is 17.3. The van der Waals surface area contributed by atoms with E-state index in [0.717, 1.165) is 63.5 Å². The lowest BCUT2D eigenvalue weighted by atomic mass is 10.2. The lowest BCUT2D eigenvalue weighted by Gasteiger charge is -2.26. The molecule has 206 valence electrons. The van der Waals surface area contributed by atoms with Crippen molar-refractivity contribution in [3.05, 3.63) is 52.0 Å². The van der Waals surface area contributed by atoms with Gasteiger partial charge in [-0.2, -0.15) is 13.2 Å². The van der Waals surface area contributed by atoms with Crippen LogP contribution in [0.1, 0.15) is 24.5 Å². The summed E-state index contributed by atoms with van der Waals surface area (Å²) >= 11 is 3.48. The Labute approximate surface area is 229 Å². The highest BCUT2D eigenvalue weighted by Gasteiger charge is 2.30. The second-order valence-electron chi connectivity index (χ2n) is 8.24. The van der Waals surface area contributed by atoms with E-state index in [-0.39, 0.29) is 18.1 Å². The standard InChI is InChI=1S/C25H31BrF3N3O4.ClH/c1-2-35-22-14-18(16-30-7-4-8-32-9-11-34-12-10-32)13-21(26)24(22)36-17-23(33)31-20-6-3-5-19(15-20)25(27,28)29;/h3,5-6,13-15,30H,2,4,7-12,16-17H2,1H3,(H,31,33);1H/p-1. The molecule has 0 saturated carbocycles. The van der Waals surface area contributed by atoms with Gasteiger partial charge in [0.25, 0.3) is 5.91 Å². The zero-order valence-electron chi connectivity index (χ0n) is 20.5. The van der Waals surface area contributed by atoms with E-state index >= 15 is 0 Å². The predicted molar refractivity (Wildman–Crippen MR) is 134 cm³/mol. The summed E-state index contributed by atoms with van der Waals surface area (Å²) in [5.74, 6) is 0.241. The van der Waals surface area contributed by atoms with Crippen molar-refractivity contribution >= 4 is 27.5 Å². The molecule has 2 aromatic rings. The second-order valence-corrected chi connectivity index (χ2v) is 9.09. The Kier molecular flexibility index (Phi) is 13.0.